The Kier molecular flexibility index (Phi) is 6.14. The van der Waals surface area contributed by atoms with Crippen molar-refractivity contribution >= 4 is 5.69 Å². The van der Waals surface area contributed by atoms with Crippen molar-refractivity contribution in [1.29, 1.82) is 0 Å². The number of benzene rings is 2. The minimum Gasteiger partial charge on any atom is -0.493 e. The van der Waals surface area contributed by atoms with Crippen LogP contribution in [0, 0.1) is 6.92 Å². The third-order valence-corrected chi connectivity index (χ3v) is 3.48. The lowest BCUT2D eigenvalue weighted by Crippen LogP contribution is -2.04. The molecule has 0 saturated carbocycles. The number of hydrogen-bond acceptors (Lipinski definition) is 2. The Balaban J connectivity index is 1.93. The van der Waals surface area contributed by atoms with E-state index in [1.54, 1.807) is 0 Å². The summed E-state index contributed by atoms with van der Waals surface area (Å²) in [6, 6.07) is 16.7. The summed E-state index contributed by atoms with van der Waals surface area (Å²) in [6.45, 7) is 5.90. The summed E-state index contributed by atoms with van der Waals surface area (Å²) in [5, 5.41) is 3.46. The summed E-state index contributed by atoms with van der Waals surface area (Å²) in [7, 11) is 0. The second-order valence-corrected chi connectivity index (χ2v) is 5.39. The van der Waals surface area contributed by atoms with Crippen LogP contribution >= 0.6 is 0 Å². The minimum absolute atomic E-state index is 0.785. The van der Waals surface area contributed by atoms with Gasteiger partial charge in [-0.15, -0.1) is 0 Å². The van der Waals surface area contributed by atoms with E-state index in [1.165, 1.54) is 24.0 Å². The minimum atomic E-state index is 0.785. The summed E-state index contributed by atoms with van der Waals surface area (Å²) in [4.78, 5) is 0. The summed E-state index contributed by atoms with van der Waals surface area (Å²) >= 11 is 0. The molecule has 0 aliphatic carbocycles. The van der Waals surface area contributed by atoms with Crippen LogP contribution in [0.15, 0.2) is 48.5 Å². The Labute approximate surface area is 128 Å². The van der Waals surface area contributed by atoms with Crippen LogP contribution in [0.2, 0.25) is 0 Å². The highest BCUT2D eigenvalue weighted by Crippen LogP contribution is 2.20. The smallest absolute Gasteiger partial charge is 0.124 e. The Hall–Kier alpha value is -1.96. The number of para-hydroxylation sites is 1. The van der Waals surface area contributed by atoms with Crippen molar-refractivity contribution in [1.82, 2.24) is 0 Å². The van der Waals surface area contributed by atoms with E-state index in [9.17, 15) is 0 Å². The Bertz CT molecular complexity index is 551. The summed E-state index contributed by atoms with van der Waals surface area (Å²) in [5.41, 5.74) is 3.62. The highest BCUT2D eigenvalue weighted by Gasteiger charge is 2.03. The molecule has 2 aromatic rings. The zero-order valence-electron chi connectivity index (χ0n) is 13.1. The van der Waals surface area contributed by atoms with Crippen molar-refractivity contribution < 1.29 is 4.74 Å². The number of nitrogens with one attached hydrogen (secondary N) is 1. The fourth-order valence-electron chi connectivity index (χ4n) is 2.28. The number of unbranched alkanes of at least 4 members (excludes halogenated alkanes) is 2. The summed E-state index contributed by atoms with van der Waals surface area (Å²) in [6.07, 6.45) is 3.57. The molecule has 2 rings (SSSR count). The van der Waals surface area contributed by atoms with E-state index in [0.717, 1.165) is 31.0 Å². The van der Waals surface area contributed by atoms with Gasteiger partial charge in [0, 0.05) is 17.8 Å². The Morgan fingerprint density at radius 2 is 1.86 bits per heavy atom. The fourth-order valence-corrected chi connectivity index (χ4v) is 2.28. The van der Waals surface area contributed by atoms with Gasteiger partial charge in [0.15, 0.2) is 0 Å². The maximum Gasteiger partial charge on any atom is 0.124 e. The van der Waals surface area contributed by atoms with Gasteiger partial charge in [0.2, 0.25) is 0 Å². The Morgan fingerprint density at radius 3 is 2.67 bits per heavy atom. The van der Waals surface area contributed by atoms with Gasteiger partial charge in [0.25, 0.3) is 0 Å². The molecule has 2 aromatic carbocycles. The second kappa shape index (κ2) is 8.35. The van der Waals surface area contributed by atoms with Crippen LogP contribution in [0.1, 0.15) is 37.3 Å². The van der Waals surface area contributed by atoms with E-state index < -0.39 is 0 Å². The first-order valence-electron chi connectivity index (χ1n) is 7.81. The molecule has 0 unspecified atom stereocenters. The van der Waals surface area contributed by atoms with Crippen LogP contribution in [0.25, 0.3) is 0 Å². The van der Waals surface area contributed by atoms with Gasteiger partial charge < -0.3 is 10.1 Å². The molecule has 0 atom stereocenters. The molecular weight excluding hydrogens is 258 g/mol. The monoisotopic (exact) mass is 283 g/mol. The maximum absolute atomic E-state index is 5.91. The first kappa shape index (κ1) is 15.4. The van der Waals surface area contributed by atoms with Gasteiger partial charge in [-0.1, -0.05) is 50.1 Å². The normalized spacial score (nSPS) is 10.4. The maximum atomic E-state index is 5.91. The molecule has 112 valence electrons. The van der Waals surface area contributed by atoms with Gasteiger partial charge in [0.05, 0.1) is 6.61 Å². The predicted octanol–water partition coefficient (Wildman–Crippen LogP) is 5.18. The average Bonchev–Trinajstić information content (AvgIpc) is 2.50. The van der Waals surface area contributed by atoms with E-state index in [4.69, 9.17) is 4.74 Å². The Morgan fingerprint density at radius 1 is 1.00 bits per heavy atom. The van der Waals surface area contributed by atoms with Crippen molar-refractivity contribution in [3.63, 3.8) is 0 Å². The van der Waals surface area contributed by atoms with Crippen LogP contribution in [0.4, 0.5) is 5.69 Å². The van der Waals surface area contributed by atoms with Gasteiger partial charge in [-0.2, -0.15) is 0 Å². The highest BCUT2D eigenvalue weighted by atomic mass is 16.5. The van der Waals surface area contributed by atoms with E-state index in [-0.39, 0.29) is 0 Å². The fraction of sp³-hybridized carbons (Fsp3) is 0.368. The van der Waals surface area contributed by atoms with Gasteiger partial charge >= 0.3 is 0 Å². The van der Waals surface area contributed by atoms with Crippen molar-refractivity contribution in [2.24, 2.45) is 0 Å². The molecule has 0 aromatic heterocycles. The van der Waals surface area contributed by atoms with Crippen molar-refractivity contribution in [2.45, 2.75) is 39.7 Å². The van der Waals surface area contributed by atoms with Crippen molar-refractivity contribution in [2.75, 3.05) is 11.9 Å². The second-order valence-electron chi connectivity index (χ2n) is 5.39. The van der Waals surface area contributed by atoms with Crippen LogP contribution in [-0.4, -0.2) is 6.61 Å². The third kappa shape index (κ3) is 5.14. The zero-order chi connectivity index (χ0) is 14.9. The first-order valence-corrected chi connectivity index (χ1v) is 7.81. The number of hydrogen-bond donors (Lipinski definition) is 1. The lowest BCUT2D eigenvalue weighted by atomic mass is 10.2. The molecule has 0 radical (unpaired) electrons. The van der Waals surface area contributed by atoms with Gasteiger partial charge in [0.1, 0.15) is 5.75 Å². The van der Waals surface area contributed by atoms with E-state index >= 15 is 0 Å². The summed E-state index contributed by atoms with van der Waals surface area (Å²) in [5.74, 6) is 0.994. The molecule has 0 aliphatic heterocycles. The molecule has 2 heteroatoms. The third-order valence-electron chi connectivity index (χ3n) is 3.48. The van der Waals surface area contributed by atoms with Crippen molar-refractivity contribution in [3.8, 4) is 5.75 Å². The topological polar surface area (TPSA) is 21.3 Å². The molecule has 2 nitrogen and oxygen atoms in total. The number of anilines is 1. The first-order chi connectivity index (χ1) is 10.3. The average molecular weight is 283 g/mol. The molecule has 1 N–H and O–H groups in total. The van der Waals surface area contributed by atoms with E-state index in [2.05, 4.69) is 61.6 Å². The molecule has 0 spiro atoms. The highest BCUT2D eigenvalue weighted by molar-refractivity contribution is 5.47. The van der Waals surface area contributed by atoms with E-state index in [0.29, 0.717) is 0 Å². The van der Waals surface area contributed by atoms with Crippen LogP contribution in [-0.2, 0) is 6.54 Å². The number of ether oxygens (including phenoxy) is 1. The molecule has 0 heterocycles. The predicted molar refractivity (Wildman–Crippen MR) is 90.0 cm³/mol. The molecule has 21 heavy (non-hydrogen) atoms. The molecule has 0 aliphatic rings. The van der Waals surface area contributed by atoms with Gasteiger partial charge in [-0.3, -0.25) is 0 Å². The number of aryl methyl sites for hydroxylation is 1. The van der Waals surface area contributed by atoms with Crippen LogP contribution in [0.3, 0.4) is 0 Å². The summed E-state index contributed by atoms with van der Waals surface area (Å²) < 4.78 is 5.91. The van der Waals surface area contributed by atoms with Crippen LogP contribution < -0.4 is 10.1 Å². The SMILES string of the molecule is CCCCCOc1ccccc1CNc1cccc(C)c1. The zero-order valence-corrected chi connectivity index (χ0v) is 13.1. The van der Waals surface area contributed by atoms with Gasteiger partial charge in [-0.25, -0.2) is 0 Å². The molecular formula is C19H25NO. The lowest BCUT2D eigenvalue weighted by Gasteiger charge is -2.13. The molecule has 0 amide bonds. The van der Waals surface area contributed by atoms with Crippen LogP contribution in [0.5, 0.6) is 5.75 Å². The standard InChI is InChI=1S/C19H25NO/c1-3-4-7-13-21-19-12-6-5-10-17(19)15-20-18-11-8-9-16(2)14-18/h5-6,8-12,14,20H,3-4,7,13,15H2,1-2H3. The quantitative estimate of drug-likeness (QED) is 0.674. The molecule has 0 bridgehead atoms. The molecule has 0 fully saturated rings. The molecule has 0 saturated heterocycles. The van der Waals surface area contributed by atoms with E-state index in [1.807, 2.05) is 6.07 Å². The van der Waals surface area contributed by atoms with Gasteiger partial charge in [-0.05, 0) is 37.1 Å². The lowest BCUT2D eigenvalue weighted by molar-refractivity contribution is 0.303. The van der Waals surface area contributed by atoms with Crippen molar-refractivity contribution in [3.05, 3.63) is 59.7 Å². The largest absolute Gasteiger partial charge is 0.493 e. The number of rotatable bonds is 8.